The first kappa shape index (κ1) is 14.2. The van der Waals surface area contributed by atoms with E-state index in [9.17, 15) is 4.79 Å². The number of morpholine rings is 1. The molecule has 8 nitrogen and oxygen atoms in total. The van der Waals surface area contributed by atoms with E-state index in [1.807, 2.05) is 12.1 Å². The molecule has 3 rings (SSSR count). The van der Waals surface area contributed by atoms with E-state index < -0.39 is 5.91 Å². The van der Waals surface area contributed by atoms with Crippen LogP contribution < -0.4 is 16.0 Å². The molecule has 1 aliphatic rings. The summed E-state index contributed by atoms with van der Waals surface area (Å²) in [4.78, 5) is 25.6. The van der Waals surface area contributed by atoms with Gasteiger partial charge in [0.15, 0.2) is 0 Å². The van der Waals surface area contributed by atoms with Crippen LogP contribution in [0.4, 0.5) is 17.5 Å². The Bertz CT molecular complexity index is 637. The van der Waals surface area contributed by atoms with Crippen molar-refractivity contribution in [3.63, 3.8) is 0 Å². The normalized spacial score (nSPS) is 14.6. The molecule has 1 fully saturated rings. The van der Waals surface area contributed by atoms with Crippen molar-refractivity contribution in [2.24, 2.45) is 5.73 Å². The summed E-state index contributed by atoms with van der Waals surface area (Å²) in [5, 5.41) is 3.02. The predicted octanol–water partition coefficient (Wildman–Crippen LogP) is 0.551. The topological polar surface area (TPSA) is 106 Å². The summed E-state index contributed by atoms with van der Waals surface area (Å²) >= 11 is 0. The Labute approximate surface area is 127 Å². The van der Waals surface area contributed by atoms with Gasteiger partial charge >= 0.3 is 0 Å². The van der Waals surface area contributed by atoms with Crippen LogP contribution in [0.2, 0.25) is 0 Å². The van der Waals surface area contributed by atoms with Gasteiger partial charge in [-0.15, -0.1) is 0 Å². The number of amides is 1. The van der Waals surface area contributed by atoms with Crippen LogP contribution >= 0.6 is 0 Å². The molecule has 0 spiro atoms. The lowest BCUT2D eigenvalue weighted by Crippen LogP contribution is -2.36. The summed E-state index contributed by atoms with van der Waals surface area (Å²) in [5.74, 6) is 0.743. The standard InChI is InChI=1S/C14H16N6O2/c15-13(21)10-7-17-14(18-8-10)19-11-1-2-12(16-9-11)20-3-5-22-6-4-20/h1-2,7-9H,3-6H2,(H2,15,21)(H,17,18,19). The van der Waals surface area contributed by atoms with E-state index in [1.54, 1.807) is 6.20 Å². The molecule has 2 aromatic heterocycles. The highest BCUT2D eigenvalue weighted by molar-refractivity contribution is 5.92. The largest absolute Gasteiger partial charge is 0.378 e. The minimum atomic E-state index is -0.553. The summed E-state index contributed by atoms with van der Waals surface area (Å²) in [6.45, 7) is 3.14. The van der Waals surface area contributed by atoms with Crippen molar-refractivity contribution in [3.05, 3.63) is 36.3 Å². The van der Waals surface area contributed by atoms with Gasteiger partial charge in [0.25, 0.3) is 5.91 Å². The van der Waals surface area contributed by atoms with Gasteiger partial charge < -0.3 is 20.7 Å². The number of anilines is 3. The number of pyridine rings is 1. The van der Waals surface area contributed by atoms with Crippen molar-refractivity contribution in [1.82, 2.24) is 15.0 Å². The number of ether oxygens (including phenoxy) is 1. The number of aromatic nitrogens is 3. The molecule has 3 N–H and O–H groups in total. The van der Waals surface area contributed by atoms with Crippen molar-refractivity contribution in [2.45, 2.75) is 0 Å². The zero-order valence-electron chi connectivity index (χ0n) is 11.9. The second-order valence-electron chi connectivity index (χ2n) is 4.79. The third kappa shape index (κ3) is 3.29. The Morgan fingerprint density at radius 3 is 2.45 bits per heavy atom. The van der Waals surface area contributed by atoms with Crippen molar-refractivity contribution >= 4 is 23.4 Å². The molecule has 0 aromatic carbocycles. The Morgan fingerprint density at radius 2 is 1.86 bits per heavy atom. The van der Waals surface area contributed by atoms with E-state index in [-0.39, 0.29) is 5.56 Å². The minimum Gasteiger partial charge on any atom is -0.378 e. The van der Waals surface area contributed by atoms with Crippen LogP contribution in [0.5, 0.6) is 0 Å². The molecular formula is C14H16N6O2. The third-order valence-electron chi connectivity index (χ3n) is 3.28. The van der Waals surface area contributed by atoms with E-state index in [1.165, 1.54) is 12.4 Å². The Morgan fingerprint density at radius 1 is 1.14 bits per heavy atom. The molecule has 22 heavy (non-hydrogen) atoms. The van der Waals surface area contributed by atoms with Crippen molar-refractivity contribution in [3.8, 4) is 0 Å². The molecule has 0 atom stereocenters. The third-order valence-corrected chi connectivity index (χ3v) is 3.28. The molecule has 0 saturated carbocycles. The number of carbonyl (C=O) groups is 1. The van der Waals surface area contributed by atoms with Crippen LogP contribution in [0.3, 0.4) is 0 Å². The number of nitrogens with two attached hydrogens (primary N) is 1. The molecule has 2 aromatic rings. The maximum absolute atomic E-state index is 11.0. The first-order valence-corrected chi connectivity index (χ1v) is 6.90. The van der Waals surface area contributed by atoms with Crippen LogP contribution in [0.1, 0.15) is 10.4 Å². The maximum Gasteiger partial charge on any atom is 0.251 e. The molecular weight excluding hydrogens is 284 g/mol. The molecule has 1 amide bonds. The smallest absolute Gasteiger partial charge is 0.251 e. The minimum absolute atomic E-state index is 0.270. The molecule has 1 saturated heterocycles. The van der Waals surface area contributed by atoms with Crippen LogP contribution in [0.25, 0.3) is 0 Å². The average molecular weight is 300 g/mol. The van der Waals surface area contributed by atoms with E-state index in [0.717, 1.165) is 37.8 Å². The SMILES string of the molecule is NC(=O)c1cnc(Nc2ccc(N3CCOCC3)nc2)nc1. The summed E-state index contributed by atoms with van der Waals surface area (Å²) in [6.07, 6.45) is 4.48. The average Bonchev–Trinajstić information content (AvgIpc) is 2.57. The van der Waals surface area contributed by atoms with Crippen molar-refractivity contribution < 1.29 is 9.53 Å². The van der Waals surface area contributed by atoms with E-state index in [2.05, 4.69) is 25.2 Å². The molecule has 0 bridgehead atoms. The van der Waals surface area contributed by atoms with Crippen LogP contribution in [0.15, 0.2) is 30.7 Å². The van der Waals surface area contributed by atoms with Gasteiger partial charge in [-0.2, -0.15) is 0 Å². The zero-order valence-corrected chi connectivity index (χ0v) is 11.9. The number of hydrogen-bond acceptors (Lipinski definition) is 7. The molecule has 0 aliphatic carbocycles. The highest BCUT2D eigenvalue weighted by atomic mass is 16.5. The second kappa shape index (κ2) is 6.35. The monoisotopic (exact) mass is 300 g/mol. The molecule has 3 heterocycles. The Kier molecular flexibility index (Phi) is 4.10. The van der Waals surface area contributed by atoms with Gasteiger partial charge in [0, 0.05) is 25.5 Å². The fraction of sp³-hybridized carbons (Fsp3) is 0.286. The summed E-state index contributed by atoms with van der Waals surface area (Å²) in [5.41, 5.74) is 6.18. The predicted molar refractivity (Wildman–Crippen MR) is 81.1 cm³/mol. The number of nitrogens with zero attached hydrogens (tertiary/aromatic N) is 4. The van der Waals surface area contributed by atoms with Gasteiger partial charge in [0.1, 0.15) is 5.82 Å². The fourth-order valence-electron chi connectivity index (χ4n) is 2.09. The lowest BCUT2D eigenvalue weighted by Gasteiger charge is -2.27. The lowest BCUT2D eigenvalue weighted by molar-refractivity contribution is 0.0999. The number of rotatable bonds is 4. The highest BCUT2D eigenvalue weighted by Gasteiger charge is 2.12. The zero-order chi connectivity index (χ0) is 15.4. The highest BCUT2D eigenvalue weighted by Crippen LogP contribution is 2.17. The molecule has 114 valence electrons. The van der Waals surface area contributed by atoms with E-state index in [0.29, 0.717) is 5.95 Å². The lowest BCUT2D eigenvalue weighted by atomic mass is 10.3. The van der Waals surface area contributed by atoms with Gasteiger partial charge in [-0.25, -0.2) is 15.0 Å². The van der Waals surface area contributed by atoms with Gasteiger partial charge in [0.05, 0.1) is 30.7 Å². The first-order valence-electron chi connectivity index (χ1n) is 6.90. The number of primary amides is 1. The Balaban J connectivity index is 1.66. The van der Waals surface area contributed by atoms with Crippen LogP contribution in [-0.4, -0.2) is 47.2 Å². The number of carbonyl (C=O) groups excluding carboxylic acids is 1. The van der Waals surface area contributed by atoms with Crippen molar-refractivity contribution in [2.75, 3.05) is 36.5 Å². The number of nitrogens with one attached hydrogen (secondary N) is 1. The number of hydrogen-bond donors (Lipinski definition) is 2. The maximum atomic E-state index is 11.0. The van der Waals surface area contributed by atoms with E-state index >= 15 is 0 Å². The molecule has 0 unspecified atom stereocenters. The van der Waals surface area contributed by atoms with E-state index in [4.69, 9.17) is 10.5 Å². The van der Waals surface area contributed by atoms with Gasteiger partial charge in [0.2, 0.25) is 5.95 Å². The summed E-state index contributed by atoms with van der Waals surface area (Å²) < 4.78 is 5.32. The fourth-order valence-corrected chi connectivity index (χ4v) is 2.09. The quantitative estimate of drug-likeness (QED) is 0.849. The van der Waals surface area contributed by atoms with Crippen LogP contribution in [0, 0.1) is 0 Å². The second-order valence-corrected chi connectivity index (χ2v) is 4.79. The summed E-state index contributed by atoms with van der Waals surface area (Å²) in [7, 11) is 0. The summed E-state index contributed by atoms with van der Waals surface area (Å²) in [6, 6.07) is 3.84. The first-order chi connectivity index (χ1) is 10.7. The molecule has 1 aliphatic heterocycles. The molecule has 8 heteroatoms. The van der Waals surface area contributed by atoms with Gasteiger partial charge in [-0.05, 0) is 12.1 Å². The Hall–Kier alpha value is -2.74. The van der Waals surface area contributed by atoms with Gasteiger partial charge in [-0.3, -0.25) is 4.79 Å². The van der Waals surface area contributed by atoms with Gasteiger partial charge in [-0.1, -0.05) is 0 Å². The van der Waals surface area contributed by atoms with Crippen molar-refractivity contribution in [1.29, 1.82) is 0 Å². The van der Waals surface area contributed by atoms with Crippen LogP contribution in [-0.2, 0) is 4.74 Å². The molecule has 0 radical (unpaired) electrons.